The van der Waals surface area contributed by atoms with Gasteiger partial charge >= 0.3 is 47.8 Å². The predicted octanol–water partition coefficient (Wildman–Crippen LogP) is 1.39. The molecule has 0 saturated carbocycles. The summed E-state index contributed by atoms with van der Waals surface area (Å²) in [6.07, 6.45) is -6.09. The fourth-order valence-electron chi connectivity index (χ4n) is 4.00. The van der Waals surface area contributed by atoms with Crippen LogP contribution in [0.25, 0.3) is 0 Å². The molecule has 0 aliphatic heterocycles. The zero-order valence-electron chi connectivity index (χ0n) is 25.1. The van der Waals surface area contributed by atoms with Crippen LogP contribution < -0.4 is 0 Å². The molecule has 0 aliphatic rings. The highest BCUT2D eigenvalue weighted by molar-refractivity contribution is 6.04. The van der Waals surface area contributed by atoms with E-state index in [0.29, 0.717) is 11.1 Å². The number of esters is 6. The molecule has 16 nitrogen and oxygen atoms in total. The van der Waals surface area contributed by atoms with E-state index in [1.54, 1.807) is 0 Å². The molecule has 0 radical (unpaired) electrons. The fraction of sp³-hybridized carbons (Fsp3) is 0.333. The van der Waals surface area contributed by atoms with E-state index in [2.05, 4.69) is 18.9 Å². The lowest BCUT2D eigenvalue weighted by Crippen LogP contribution is -2.45. The lowest BCUT2D eigenvalue weighted by molar-refractivity contribution is -0.187. The number of hydrogen-bond donors (Lipinski definition) is 2. The van der Waals surface area contributed by atoms with Gasteiger partial charge in [-0.2, -0.15) is 0 Å². The second-order valence-corrected chi connectivity index (χ2v) is 9.22. The van der Waals surface area contributed by atoms with Crippen molar-refractivity contribution >= 4 is 47.8 Å². The van der Waals surface area contributed by atoms with Crippen LogP contribution in [0, 0.1) is 0 Å². The van der Waals surface area contributed by atoms with Crippen LogP contribution in [0.5, 0.6) is 0 Å². The normalized spacial score (nSPS) is 11.7. The summed E-state index contributed by atoms with van der Waals surface area (Å²) < 4.78 is 28.2. The Kier molecular flexibility index (Phi) is 13.4. The monoisotopic (exact) mass is 646 g/mol. The van der Waals surface area contributed by atoms with Crippen LogP contribution in [-0.2, 0) is 60.4 Å². The highest BCUT2D eigenvalue weighted by Gasteiger charge is 2.40. The van der Waals surface area contributed by atoms with Crippen LogP contribution in [-0.4, -0.2) is 98.6 Å². The average Bonchev–Trinajstić information content (AvgIpc) is 3.05. The molecule has 0 spiro atoms. The third kappa shape index (κ3) is 9.60. The molecule has 0 unspecified atom stereocenters. The van der Waals surface area contributed by atoms with Crippen LogP contribution >= 0.6 is 0 Å². The topological polar surface area (TPSA) is 232 Å². The number of rotatable bonds is 15. The summed E-state index contributed by atoms with van der Waals surface area (Å²) in [5.41, 5.74) is 0.186. The largest absolute Gasteiger partial charge is 0.478 e. The molecular formula is C30H30O16. The van der Waals surface area contributed by atoms with Crippen LogP contribution in [0.4, 0.5) is 0 Å². The van der Waals surface area contributed by atoms with Crippen molar-refractivity contribution in [2.75, 3.05) is 28.4 Å². The highest BCUT2D eigenvalue weighted by atomic mass is 16.6. The Morgan fingerprint density at radius 1 is 0.522 bits per heavy atom. The number of hydrogen-bond acceptors (Lipinski definition) is 14. The maximum atomic E-state index is 12.5. The van der Waals surface area contributed by atoms with Crippen LogP contribution in [0.2, 0.25) is 0 Å². The van der Waals surface area contributed by atoms with Gasteiger partial charge in [0.1, 0.15) is 0 Å². The standard InChI is InChI=1S/C30H30O16/c1-41-27(37)17-9-5-15(13-19(17)29(39)43-3)7-11-21(31)45-23(25(33)34)24(26(35)36)46-22(32)12-8-16-6-10-18(28(38)42-2)20(14-16)30(40)44-4/h5-6,9-10,13-14,23-24H,7-8,11-12H2,1-4H3,(H,33,34)(H,35,36)/t23-,24-/m1/s1. The van der Waals surface area contributed by atoms with E-state index in [1.165, 1.54) is 36.4 Å². The number of carboxylic acid groups (broad SMARTS) is 2. The lowest BCUT2D eigenvalue weighted by Gasteiger charge is -2.21. The Labute approximate surface area is 261 Å². The number of carbonyl (C=O) groups excluding carboxylic acids is 6. The maximum absolute atomic E-state index is 12.5. The number of aliphatic carboxylic acids is 2. The van der Waals surface area contributed by atoms with E-state index in [-0.39, 0.29) is 35.1 Å². The van der Waals surface area contributed by atoms with Crippen molar-refractivity contribution in [2.24, 2.45) is 0 Å². The minimum atomic E-state index is -2.42. The molecule has 16 heteroatoms. The third-order valence-corrected chi connectivity index (χ3v) is 6.30. The SMILES string of the molecule is COC(=O)c1ccc(CCC(=O)O[C@@H](C(=O)O)[C@@H](OC(=O)CCc2ccc(C(=O)OC)c(C(=O)OC)c2)C(=O)O)cc1C(=O)OC. The summed E-state index contributed by atoms with van der Waals surface area (Å²) in [4.78, 5) is 96.8. The first kappa shape index (κ1) is 36.4. The molecule has 2 aromatic carbocycles. The molecule has 0 saturated heterocycles. The van der Waals surface area contributed by atoms with Crippen molar-refractivity contribution in [3.05, 3.63) is 69.8 Å². The smallest absolute Gasteiger partial charge is 0.349 e. The van der Waals surface area contributed by atoms with Crippen LogP contribution in [0.1, 0.15) is 65.4 Å². The molecule has 0 aromatic heterocycles. The Morgan fingerprint density at radius 2 is 0.826 bits per heavy atom. The summed E-state index contributed by atoms with van der Waals surface area (Å²) in [5, 5.41) is 19.1. The number of ether oxygens (including phenoxy) is 6. The first-order valence-corrected chi connectivity index (χ1v) is 13.2. The molecule has 46 heavy (non-hydrogen) atoms. The second kappa shape index (κ2) is 16.9. The van der Waals surface area contributed by atoms with Gasteiger partial charge in [0.25, 0.3) is 0 Å². The number of benzene rings is 2. The molecule has 2 aromatic rings. The summed E-state index contributed by atoms with van der Waals surface area (Å²) in [5.74, 6) is -9.51. The molecule has 2 atom stereocenters. The Morgan fingerprint density at radius 3 is 1.11 bits per heavy atom. The van der Waals surface area contributed by atoms with Crippen molar-refractivity contribution in [3.63, 3.8) is 0 Å². The first-order valence-electron chi connectivity index (χ1n) is 13.2. The van der Waals surface area contributed by atoms with E-state index >= 15 is 0 Å². The van der Waals surface area contributed by atoms with E-state index in [1.807, 2.05) is 0 Å². The Bertz CT molecular complexity index is 1410. The van der Waals surface area contributed by atoms with Crippen LogP contribution in [0.3, 0.4) is 0 Å². The summed E-state index contributed by atoms with van der Waals surface area (Å²) in [6, 6.07) is 7.86. The summed E-state index contributed by atoms with van der Waals surface area (Å²) >= 11 is 0. The van der Waals surface area contributed by atoms with Gasteiger partial charge in [0.05, 0.1) is 50.7 Å². The second-order valence-electron chi connectivity index (χ2n) is 9.22. The zero-order chi connectivity index (χ0) is 34.6. The van der Waals surface area contributed by atoms with Crippen molar-refractivity contribution in [2.45, 2.75) is 37.9 Å². The van der Waals surface area contributed by atoms with Gasteiger partial charge in [0.15, 0.2) is 0 Å². The molecule has 0 aliphatic carbocycles. The average molecular weight is 647 g/mol. The Hall–Kier alpha value is -5.80. The van der Waals surface area contributed by atoms with E-state index in [9.17, 15) is 48.6 Å². The number of carbonyl (C=O) groups is 8. The van der Waals surface area contributed by atoms with Crippen molar-refractivity contribution in [1.82, 2.24) is 0 Å². The summed E-state index contributed by atoms with van der Waals surface area (Å²) in [7, 11) is 4.41. The van der Waals surface area contributed by atoms with Gasteiger partial charge < -0.3 is 38.6 Å². The quantitative estimate of drug-likeness (QED) is 0.205. The Balaban J connectivity index is 2.12. The predicted molar refractivity (Wildman–Crippen MR) is 150 cm³/mol. The molecule has 246 valence electrons. The van der Waals surface area contributed by atoms with Gasteiger partial charge in [-0.3, -0.25) is 9.59 Å². The number of aryl methyl sites for hydroxylation is 2. The molecular weight excluding hydrogens is 616 g/mol. The highest BCUT2D eigenvalue weighted by Crippen LogP contribution is 2.19. The van der Waals surface area contributed by atoms with E-state index in [4.69, 9.17) is 9.47 Å². The lowest BCUT2D eigenvalue weighted by atomic mass is 10.0. The van der Waals surface area contributed by atoms with Gasteiger partial charge in [0.2, 0.25) is 12.2 Å². The number of carboxylic acids is 2. The zero-order valence-corrected chi connectivity index (χ0v) is 25.1. The van der Waals surface area contributed by atoms with Gasteiger partial charge in [-0.15, -0.1) is 0 Å². The molecule has 0 fully saturated rings. The minimum absolute atomic E-state index is 0.0974. The van der Waals surface area contributed by atoms with Crippen molar-refractivity contribution < 1.29 is 77.0 Å². The molecule has 0 bridgehead atoms. The molecule has 2 N–H and O–H groups in total. The minimum Gasteiger partial charge on any atom is -0.478 e. The van der Waals surface area contributed by atoms with Gasteiger partial charge in [-0.25, -0.2) is 28.8 Å². The molecule has 0 heterocycles. The maximum Gasteiger partial charge on any atom is 0.349 e. The molecule has 0 amide bonds. The fourth-order valence-corrected chi connectivity index (χ4v) is 4.00. The van der Waals surface area contributed by atoms with E-state index in [0.717, 1.165) is 28.4 Å². The van der Waals surface area contributed by atoms with Gasteiger partial charge in [-0.1, -0.05) is 12.1 Å². The summed E-state index contributed by atoms with van der Waals surface area (Å²) in [6.45, 7) is 0. The number of methoxy groups -OCH3 is 4. The first-order chi connectivity index (χ1) is 21.8. The third-order valence-electron chi connectivity index (χ3n) is 6.30. The molecule has 2 rings (SSSR count). The van der Waals surface area contributed by atoms with Crippen molar-refractivity contribution in [1.29, 1.82) is 0 Å². The van der Waals surface area contributed by atoms with Gasteiger partial charge in [0, 0.05) is 12.8 Å². The van der Waals surface area contributed by atoms with Crippen LogP contribution in [0.15, 0.2) is 36.4 Å². The van der Waals surface area contributed by atoms with Crippen molar-refractivity contribution in [3.8, 4) is 0 Å². The van der Waals surface area contributed by atoms with Gasteiger partial charge in [-0.05, 0) is 48.2 Å². The van der Waals surface area contributed by atoms with E-state index < -0.39 is 72.8 Å².